The summed E-state index contributed by atoms with van der Waals surface area (Å²) in [6.07, 6.45) is 1.47. The third-order valence-corrected chi connectivity index (χ3v) is 3.10. The van der Waals surface area contributed by atoms with Crippen LogP contribution < -0.4 is 14.2 Å². The van der Waals surface area contributed by atoms with E-state index < -0.39 is 5.97 Å². The Kier molecular flexibility index (Phi) is 3.51. The molecule has 0 fully saturated rings. The molecule has 1 aliphatic rings. The minimum Gasteiger partial charge on any atom is -0.492 e. The minimum atomic E-state index is -0.451. The van der Waals surface area contributed by atoms with Gasteiger partial charge in [-0.15, -0.1) is 0 Å². The summed E-state index contributed by atoms with van der Waals surface area (Å²) in [5.41, 5.74) is 0.987. The fourth-order valence-corrected chi connectivity index (χ4v) is 2.21. The molecule has 6 nitrogen and oxygen atoms in total. The summed E-state index contributed by atoms with van der Waals surface area (Å²) in [5, 5.41) is 0.701. The van der Waals surface area contributed by atoms with E-state index in [1.54, 1.807) is 19.1 Å². The van der Waals surface area contributed by atoms with Crippen LogP contribution >= 0.6 is 0 Å². The number of aromatic nitrogens is 1. The van der Waals surface area contributed by atoms with Crippen molar-refractivity contribution in [2.75, 3.05) is 20.0 Å². The number of hydrogen-bond donors (Lipinski definition) is 0. The lowest BCUT2D eigenvalue weighted by Gasteiger charge is -2.12. The van der Waals surface area contributed by atoms with Crippen LogP contribution in [-0.2, 0) is 4.74 Å². The van der Waals surface area contributed by atoms with E-state index in [1.807, 2.05) is 6.92 Å². The monoisotopic (exact) mass is 289 g/mol. The van der Waals surface area contributed by atoms with Crippen molar-refractivity contribution in [3.8, 4) is 17.2 Å². The minimum absolute atomic E-state index is 0.181. The van der Waals surface area contributed by atoms with Crippen LogP contribution in [0.3, 0.4) is 0 Å². The second kappa shape index (κ2) is 5.47. The first-order chi connectivity index (χ1) is 10.2. The lowest BCUT2D eigenvalue weighted by Crippen LogP contribution is -2.09. The summed E-state index contributed by atoms with van der Waals surface area (Å²) in [6, 6.07) is 3.55. The van der Waals surface area contributed by atoms with Crippen molar-refractivity contribution < 1.29 is 23.7 Å². The molecule has 0 unspecified atom stereocenters. The van der Waals surface area contributed by atoms with Crippen LogP contribution in [-0.4, -0.2) is 31.0 Å². The zero-order valence-corrected chi connectivity index (χ0v) is 11.8. The van der Waals surface area contributed by atoms with E-state index >= 15 is 0 Å². The lowest BCUT2D eigenvalue weighted by atomic mass is 10.1. The van der Waals surface area contributed by atoms with Crippen molar-refractivity contribution in [1.29, 1.82) is 0 Å². The maximum absolute atomic E-state index is 12.0. The number of esters is 1. The molecule has 0 spiro atoms. The Bertz CT molecular complexity index is 698. The van der Waals surface area contributed by atoms with E-state index in [2.05, 4.69) is 4.98 Å². The van der Waals surface area contributed by atoms with Crippen LogP contribution in [0, 0.1) is 0 Å². The molecule has 1 aromatic carbocycles. The van der Waals surface area contributed by atoms with Gasteiger partial charge < -0.3 is 18.9 Å². The molecule has 0 aliphatic carbocycles. The molecule has 1 aliphatic heterocycles. The maximum Gasteiger partial charge on any atom is 0.343 e. The fraction of sp³-hybridized carbons (Fsp3) is 0.333. The highest BCUT2D eigenvalue weighted by atomic mass is 16.7. The Morgan fingerprint density at radius 2 is 2.00 bits per heavy atom. The molecule has 1 aromatic heterocycles. The third kappa shape index (κ3) is 2.33. The van der Waals surface area contributed by atoms with Crippen LogP contribution in [0.1, 0.15) is 24.2 Å². The van der Waals surface area contributed by atoms with Crippen LogP contribution in [0.5, 0.6) is 17.2 Å². The van der Waals surface area contributed by atoms with Gasteiger partial charge in [-0.1, -0.05) is 0 Å². The van der Waals surface area contributed by atoms with Gasteiger partial charge in [0.15, 0.2) is 11.5 Å². The summed E-state index contributed by atoms with van der Waals surface area (Å²) in [7, 11) is 0. The number of benzene rings is 1. The molecule has 0 atom stereocenters. The number of nitrogens with zero attached hydrogens (tertiary/aromatic N) is 1. The summed E-state index contributed by atoms with van der Waals surface area (Å²) in [4.78, 5) is 16.3. The largest absolute Gasteiger partial charge is 0.492 e. The molecule has 6 heteroatoms. The molecule has 110 valence electrons. The maximum atomic E-state index is 12.0. The molecular formula is C15H15NO5. The van der Waals surface area contributed by atoms with Crippen LogP contribution in [0.15, 0.2) is 18.3 Å². The lowest BCUT2D eigenvalue weighted by molar-refractivity contribution is 0.0522. The van der Waals surface area contributed by atoms with Crippen molar-refractivity contribution in [3.05, 3.63) is 23.9 Å². The second-order valence-corrected chi connectivity index (χ2v) is 4.38. The SMILES string of the molecule is CCOC(=O)c1cnc2cc3c(cc2c1OCC)OCO3. The summed E-state index contributed by atoms with van der Waals surface area (Å²) >= 11 is 0. The molecular weight excluding hydrogens is 274 g/mol. The van der Waals surface area contributed by atoms with Crippen LogP contribution in [0.2, 0.25) is 0 Å². The number of carbonyl (C=O) groups is 1. The zero-order valence-electron chi connectivity index (χ0n) is 11.8. The smallest absolute Gasteiger partial charge is 0.343 e. The van der Waals surface area contributed by atoms with Crippen molar-refractivity contribution in [1.82, 2.24) is 4.98 Å². The molecule has 0 amide bonds. The number of pyridine rings is 1. The molecule has 3 rings (SSSR count). The van der Waals surface area contributed by atoms with Crippen LogP contribution in [0.25, 0.3) is 10.9 Å². The predicted molar refractivity (Wildman–Crippen MR) is 75.0 cm³/mol. The highest BCUT2D eigenvalue weighted by molar-refractivity contribution is 6.00. The second-order valence-electron chi connectivity index (χ2n) is 4.38. The van der Waals surface area contributed by atoms with Gasteiger partial charge in [-0.25, -0.2) is 4.79 Å². The highest BCUT2D eigenvalue weighted by Crippen LogP contribution is 2.39. The summed E-state index contributed by atoms with van der Waals surface area (Å²) in [6.45, 7) is 4.52. The Morgan fingerprint density at radius 3 is 2.71 bits per heavy atom. The van der Waals surface area contributed by atoms with Gasteiger partial charge in [0.1, 0.15) is 11.3 Å². The zero-order chi connectivity index (χ0) is 14.8. The molecule has 0 N–H and O–H groups in total. The van der Waals surface area contributed by atoms with Crippen molar-refractivity contribution in [2.24, 2.45) is 0 Å². The first-order valence-corrected chi connectivity index (χ1v) is 6.76. The van der Waals surface area contributed by atoms with Crippen LogP contribution in [0.4, 0.5) is 0 Å². The summed E-state index contributed by atoms with van der Waals surface area (Å²) < 4.78 is 21.4. The quantitative estimate of drug-likeness (QED) is 0.806. The summed E-state index contributed by atoms with van der Waals surface area (Å²) in [5.74, 6) is 1.26. The normalized spacial score (nSPS) is 12.5. The standard InChI is InChI=1S/C15H15NO5/c1-3-18-14-9-5-12-13(21-8-20-12)6-11(9)16-7-10(14)15(17)19-4-2/h5-7H,3-4,8H2,1-2H3. The highest BCUT2D eigenvalue weighted by Gasteiger charge is 2.21. The van der Waals surface area contributed by atoms with Gasteiger partial charge >= 0.3 is 5.97 Å². The fourth-order valence-electron chi connectivity index (χ4n) is 2.21. The number of ether oxygens (including phenoxy) is 4. The van der Waals surface area contributed by atoms with E-state index in [-0.39, 0.29) is 6.79 Å². The van der Waals surface area contributed by atoms with Gasteiger partial charge in [0.2, 0.25) is 6.79 Å². The van der Waals surface area contributed by atoms with E-state index in [0.29, 0.717) is 46.9 Å². The average molecular weight is 289 g/mol. The molecule has 0 bridgehead atoms. The predicted octanol–water partition coefficient (Wildman–Crippen LogP) is 2.54. The Hall–Kier alpha value is -2.50. The number of fused-ring (bicyclic) bond motifs is 2. The van der Waals surface area contributed by atoms with Crippen molar-refractivity contribution in [2.45, 2.75) is 13.8 Å². The molecule has 2 heterocycles. The first-order valence-electron chi connectivity index (χ1n) is 6.76. The number of carbonyl (C=O) groups excluding carboxylic acids is 1. The molecule has 0 radical (unpaired) electrons. The van der Waals surface area contributed by atoms with Gasteiger partial charge in [0.05, 0.1) is 18.7 Å². The van der Waals surface area contributed by atoms with E-state index in [9.17, 15) is 4.79 Å². The molecule has 21 heavy (non-hydrogen) atoms. The third-order valence-electron chi connectivity index (χ3n) is 3.10. The Balaban J connectivity index is 2.18. The van der Waals surface area contributed by atoms with Gasteiger partial charge in [0, 0.05) is 17.6 Å². The van der Waals surface area contributed by atoms with E-state index in [0.717, 1.165) is 0 Å². The molecule has 2 aromatic rings. The first kappa shape index (κ1) is 13.5. The van der Waals surface area contributed by atoms with Gasteiger partial charge in [0.25, 0.3) is 0 Å². The van der Waals surface area contributed by atoms with Gasteiger partial charge in [-0.2, -0.15) is 0 Å². The molecule has 0 saturated heterocycles. The van der Waals surface area contributed by atoms with E-state index in [4.69, 9.17) is 18.9 Å². The molecule has 0 saturated carbocycles. The van der Waals surface area contributed by atoms with Crippen molar-refractivity contribution >= 4 is 16.9 Å². The Morgan fingerprint density at radius 1 is 1.24 bits per heavy atom. The van der Waals surface area contributed by atoms with Gasteiger partial charge in [-0.3, -0.25) is 4.98 Å². The van der Waals surface area contributed by atoms with Gasteiger partial charge in [-0.05, 0) is 19.9 Å². The Labute approximate surface area is 121 Å². The van der Waals surface area contributed by atoms with Crippen molar-refractivity contribution in [3.63, 3.8) is 0 Å². The topological polar surface area (TPSA) is 66.9 Å². The number of rotatable bonds is 4. The number of hydrogen-bond acceptors (Lipinski definition) is 6. The average Bonchev–Trinajstić information content (AvgIpc) is 2.93. The van der Waals surface area contributed by atoms with E-state index in [1.165, 1.54) is 6.20 Å².